The molecule has 136 valence electrons. The van der Waals surface area contributed by atoms with Crippen LogP contribution in [-0.2, 0) is 0 Å². The molecule has 0 fully saturated rings. The number of ether oxygens (including phenoxy) is 1. The highest BCUT2D eigenvalue weighted by Gasteiger charge is 2.55. The minimum atomic E-state index is -1.63. The van der Waals surface area contributed by atoms with Crippen molar-refractivity contribution >= 4 is 0 Å². The Hall–Kier alpha value is -3.27. The molecule has 1 aromatic rings. The van der Waals surface area contributed by atoms with Crippen LogP contribution in [0.15, 0.2) is 47.2 Å². The van der Waals surface area contributed by atoms with Gasteiger partial charge in [-0.05, 0) is 18.2 Å². The molecule has 1 aromatic carbocycles. The van der Waals surface area contributed by atoms with Crippen molar-refractivity contribution in [2.75, 3.05) is 26.7 Å². The van der Waals surface area contributed by atoms with Gasteiger partial charge in [-0.15, -0.1) is 0 Å². The van der Waals surface area contributed by atoms with E-state index in [2.05, 4.69) is 30.0 Å². The van der Waals surface area contributed by atoms with Crippen LogP contribution in [0.5, 0.6) is 5.75 Å². The summed E-state index contributed by atoms with van der Waals surface area (Å²) in [5, 5.41) is 29.8. The molecule has 1 aliphatic carbocycles. The molecule has 6 nitrogen and oxygen atoms in total. The molecule has 1 heterocycles. The van der Waals surface area contributed by atoms with E-state index in [1.807, 2.05) is 30.3 Å². The van der Waals surface area contributed by atoms with Crippen molar-refractivity contribution in [2.24, 2.45) is 17.1 Å². The monoisotopic (exact) mass is 359 g/mol. The lowest BCUT2D eigenvalue weighted by molar-refractivity contribution is 0.212. The van der Waals surface area contributed by atoms with E-state index >= 15 is 0 Å². The lowest BCUT2D eigenvalue weighted by atomic mass is 9.58. The van der Waals surface area contributed by atoms with Crippen LogP contribution >= 0.6 is 0 Å². The first-order valence-electron chi connectivity index (χ1n) is 8.86. The predicted molar refractivity (Wildman–Crippen MR) is 99.9 cm³/mol. The molecule has 0 amide bonds. The van der Waals surface area contributed by atoms with Gasteiger partial charge in [-0.25, -0.2) is 0 Å². The van der Waals surface area contributed by atoms with E-state index in [1.165, 1.54) is 0 Å². The summed E-state index contributed by atoms with van der Waals surface area (Å²) >= 11 is 0. The van der Waals surface area contributed by atoms with Crippen molar-refractivity contribution < 1.29 is 4.74 Å². The Bertz CT molecular complexity index is 927. The SMILES string of the molecule is CCN1CC=C2C(C#N)=C(N)C(C#N)(C#N)[C@@H](c3ccccc3OC)[C@H]2C1. The van der Waals surface area contributed by atoms with E-state index in [0.29, 0.717) is 18.8 Å². The Balaban J connectivity index is 2.35. The normalized spacial score (nSPS) is 24.0. The van der Waals surface area contributed by atoms with Crippen LogP contribution in [0.4, 0.5) is 0 Å². The molecule has 0 aromatic heterocycles. The van der Waals surface area contributed by atoms with E-state index in [0.717, 1.165) is 17.7 Å². The fourth-order valence-corrected chi connectivity index (χ4v) is 4.27. The van der Waals surface area contributed by atoms with Gasteiger partial charge in [0.25, 0.3) is 0 Å². The molecule has 0 saturated heterocycles. The van der Waals surface area contributed by atoms with Gasteiger partial charge in [0.05, 0.1) is 30.5 Å². The Morgan fingerprint density at radius 1 is 1.26 bits per heavy atom. The van der Waals surface area contributed by atoms with E-state index in [4.69, 9.17) is 10.5 Å². The molecular weight excluding hydrogens is 338 g/mol. The molecule has 0 bridgehead atoms. The van der Waals surface area contributed by atoms with Crippen LogP contribution in [0.2, 0.25) is 0 Å². The van der Waals surface area contributed by atoms with Gasteiger partial charge in [0.15, 0.2) is 5.41 Å². The number of fused-ring (bicyclic) bond motifs is 1. The second kappa shape index (κ2) is 7.16. The van der Waals surface area contributed by atoms with Gasteiger partial charge in [-0.2, -0.15) is 15.8 Å². The number of hydrogen-bond donors (Lipinski definition) is 1. The summed E-state index contributed by atoms with van der Waals surface area (Å²) in [6.07, 6.45) is 2.00. The average Bonchev–Trinajstić information content (AvgIpc) is 2.72. The maximum Gasteiger partial charge on any atom is 0.191 e. The van der Waals surface area contributed by atoms with Crippen LogP contribution in [0, 0.1) is 45.3 Å². The highest BCUT2D eigenvalue weighted by atomic mass is 16.5. The van der Waals surface area contributed by atoms with Gasteiger partial charge >= 0.3 is 0 Å². The average molecular weight is 359 g/mol. The summed E-state index contributed by atoms with van der Waals surface area (Å²) in [4.78, 5) is 2.23. The maximum atomic E-state index is 10.1. The van der Waals surface area contributed by atoms with E-state index in [1.54, 1.807) is 7.11 Å². The lowest BCUT2D eigenvalue weighted by Gasteiger charge is -2.45. The van der Waals surface area contributed by atoms with Crippen molar-refractivity contribution in [3.05, 3.63) is 52.7 Å². The smallest absolute Gasteiger partial charge is 0.191 e. The third kappa shape index (κ3) is 2.65. The fourth-order valence-electron chi connectivity index (χ4n) is 4.27. The molecule has 2 aliphatic rings. The molecule has 3 rings (SSSR count). The first-order valence-corrected chi connectivity index (χ1v) is 8.86. The Morgan fingerprint density at radius 3 is 2.56 bits per heavy atom. The molecule has 6 heteroatoms. The number of methoxy groups -OCH3 is 1. The standard InChI is InChI=1S/C21H21N5O/c1-3-26-9-8-14-16(10-22)20(25)21(12-23,13-24)19(17(14)11-26)15-6-4-5-7-18(15)27-2/h4-8,17,19H,3,9,11,25H2,1-2H3/t17-,19-/m0/s1. The van der Waals surface area contributed by atoms with Crippen molar-refractivity contribution in [1.29, 1.82) is 15.8 Å². The zero-order valence-corrected chi connectivity index (χ0v) is 15.4. The fraction of sp³-hybridized carbons (Fsp3) is 0.381. The van der Waals surface area contributed by atoms with Crippen LogP contribution < -0.4 is 10.5 Å². The number of hydrogen-bond acceptors (Lipinski definition) is 6. The number of benzene rings is 1. The van der Waals surface area contributed by atoms with E-state index < -0.39 is 11.3 Å². The summed E-state index contributed by atoms with van der Waals surface area (Å²) in [6.45, 7) is 4.27. The minimum Gasteiger partial charge on any atom is -0.496 e. The number of para-hydroxylation sites is 1. The quantitative estimate of drug-likeness (QED) is 0.887. The topological polar surface area (TPSA) is 110 Å². The Morgan fingerprint density at radius 2 is 1.96 bits per heavy atom. The molecule has 27 heavy (non-hydrogen) atoms. The number of allylic oxidation sites excluding steroid dienone is 2. The molecule has 0 radical (unpaired) electrons. The summed E-state index contributed by atoms with van der Waals surface area (Å²) < 4.78 is 5.53. The number of nitriles is 3. The predicted octanol–water partition coefficient (Wildman–Crippen LogP) is 2.44. The van der Waals surface area contributed by atoms with Crippen molar-refractivity contribution in [3.8, 4) is 24.0 Å². The maximum absolute atomic E-state index is 10.1. The summed E-state index contributed by atoms with van der Waals surface area (Å²) in [5.41, 5.74) is 6.57. The van der Waals surface area contributed by atoms with Gasteiger partial charge in [0.1, 0.15) is 11.8 Å². The van der Waals surface area contributed by atoms with Gasteiger partial charge in [-0.1, -0.05) is 31.2 Å². The summed E-state index contributed by atoms with van der Waals surface area (Å²) in [6, 6.07) is 13.8. The van der Waals surface area contributed by atoms with Crippen molar-refractivity contribution in [1.82, 2.24) is 4.90 Å². The zero-order valence-electron chi connectivity index (χ0n) is 15.4. The first-order chi connectivity index (χ1) is 13.1. The number of likely N-dealkylation sites (N-methyl/N-ethyl adjacent to an activating group) is 1. The van der Waals surface area contributed by atoms with Crippen LogP contribution in [0.3, 0.4) is 0 Å². The summed E-state index contributed by atoms with van der Waals surface area (Å²) in [7, 11) is 1.57. The van der Waals surface area contributed by atoms with Gasteiger partial charge in [0.2, 0.25) is 0 Å². The Kier molecular flexibility index (Phi) is 4.91. The van der Waals surface area contributed by atoms with E-state index in [-0.39, 0.29) is 17.2 Å². The Labute approximate surface area is 159 Å². The first kappa shape index (κ1) is 18.5. The molecule has 2 N–H and O–H groups in total. The third-order valence-electron chi connectivity index (χ3n) is 5.66. The summed E-state index contributed by atoms with van der Waals surface area (Å²) in [5.74, 6) is -0.115. The molecular formula is C21H21N5O. The zero-order chi connectivity index (χ0) is 19.6. The van der Waals surface area contributed by atoms with Gasteiger partial charge in [-0.3, -0.25) is 4.90 Å². The van der Waals surface area contributed by atoms with Crippen LogP contribution in [0.25, 0.3) is 0 Å². The van der Waals surface area contributed by atoms with E-state index in [9.17, 15) is 15.8 Å². The number of nitrogens with zero attached hydrogens (tertiary/aromatic N) is 4. The second-order valence-electron chi connectivity index (χ2n) is 6.77. The minimum absolute atomic E-state index is 0.0401. The highest BCUT2D eigenvalue weighted by Crippen LogP contribution is 2.55. The number of rotatable bonds is 3. The largest absolute Gasteiger partial charge is 0.496 e. The van der Waals surface area contributed by atoms with Crippen LogP contribution in [-0.4, -0.2) is 31.6 Å². The van der Waals surface area contributed by atoms with Gasteiger partial charge < -0.3 is 10.5 Å². The molecule has 0 spiro atoms. The van der Waals surface area contributed by atoms with Crippen LogP contribution in [0.1, 0.15) is 18.4 Å². The third-order valence-corrected chi connectivity index (χ3v) is 5.66. The lowest BCUT2D eigenvalue weighted by Crippen LogP contribution is -2.48. The molecule has 0 saturated carbocycles. The van der Waals surface area contributed by atoms with Crippen molar-refractivity contribution in [3.63, 3.8) is 0 Å². The molecule has 1 aliphatic heterocycles. The number of nitrogens with two attached hydrogens (primary N) is 1. The van der Waals surface area contributed by atoms with Gasteiger partial charge in [0, 0.05) is 30.5 Å². The molecule has 2 atom stereocenters. The highest BCUT2D eigenvalue weighted by molar-refractivity contribution is 5.60. The second-order valence-corrected chi connectivity index (χ2v) is 6.77. The molecule has 0 unspecified atom stereocenters. The van der Waals surface area contributed by atoms with Crippen molar-refractivity contribution in [2.45, 2.75) is 12.8 Å².